The van der Waals surface area contributed by atoms with E-state index < -0.39 is 18.1 Å². The number of hydrogen-bond donors (Lipinski definition) is 2. The summed E-state index contributed by atoms with van der Waals surface area (Å²) in [5, 5.41) is 6.37. The van der Waals surface area contributed by atoms with Crippen LogP contribution in [0.2, 0.25) is 0 Å². The van der Waals surface area contributed by atoms with E-state index in [9.17, 15) is 9.59 Å². The van der Waals surface area contributed by atoms with Gasteiger partial charge >= 0.3 is 5.97 Å². The number of ether oxygens (including phenoxy) is 1. The van der Waals surface area contributed by atoms with Gasteiger partial charge < -0.3 is 25.2 Å². The number of hydrogen-bond acceptors (Lipinski definition) is 6. The largest absolute Gasteiger partial charge is 0.467 e. The highest BCUT2D eigenvalue weighted by Crippen LogP contribution is 2.26. The fourth-order valence-corrected chi connectivity index (χ4v) is 4.54. The first-order valence-electron chi connectivity index (χ1n) is 12.3. The topological polar surface area (TPSA) is 73.9 Å². The second kappa shape index (κ2) is 14.5. The quantitative estimate of drug-likeness (QED) is 0.365. The first-order chi connectivity index (χ1) is 17.0. The van der Waals surface area contributed by atoms with E-state index in [1.807, 2.05) is 44.2 Å². The lowest BCUT2D eigenvalue weighted by molar-refractivity contribution is -0.146. The third kappa shape index (κ3) is 9.32. The lowest BCUT2D eigenvalue weighted by Crippen LogP contribution is -2.52. The smallest absolute Gasteiger partial charge is 0.328 e. The molecule has 2 atom stereocenters. The van der Waals surface area contributed by atoms with Crippen LogP contribution in [0.3, 0.4) is 0 Å². The molecule has 2 rings (SSSR count). The molecule has 0 radical (unpaired) electrons. The molecule has 7 nitrogen and oxygen atoms in total. The summed E-state index contributed by atoms with van der Waals surface area (Å²) in [6, 6.07) is 13.0. The Labute approximate surface area is 224 Å². The summed E-state index contributed by atoms with van der Waals surface area (Å²) in [6.45, 7) is 5.91. The molecule has 2 aromatic rings. The van der Waals surface area contributed by atoms with Crippen molar-refractivity contribution in [3.8, 4) is 0 Å². The van der Waals surface area contributed by atoms with Crippen molar-refractivity contribution in [3.63, 3.8) is 0 Å². The Morgan fingerprint density at radius 2 is 1.50 bits per heavy atom. The van der Waals surface area contributed by atoms with Crippen molar-refractivity contribution in [1.82, 2.24) is 20.4 Å². The number of carbonyl (C=O) groups excluding carboxylic acids is 2. The van der Waals surface area contributed by atoms with Crippen LogP contribution >= 0.6 is 15.9 Å². The fraction of sp³-hybridized carbons (Fsp3) is 0.500. The Morgan fingerprint density at radius 3 is 1.97 bits per heavy atom. The van der Waals surface area contributed by atoms with E-state index >= 15 is 0 Å². The molecule has 2 N–H and O–H groups in total. The van der Waals surface area contributed by atoms with Gasteiger partial charge in [0.2, 0.25) is 5.91 Å². The number of nitrogens with one attached hydrogen (secondary N) is 2. The number of halogens is 1. The first kappa shape index (κ1) is 30.0. The Hall–Kier alpha value is -2.26. The minimum absolute atomic E-state index is 0.0903. The van der Waals surface area contributed by atoms with Crippen molar-refractivity contribution >= 4 is 27.8 Å². The molecule has 8 heteroatoms. The highest BCUT2D eigenvalue weighted by Gasteiger charge is 2.28. The van der Waals surface area contributed by atoms with Gasteiger partial charge in [0.05, 0.1) is 13.2 Å². The van der Waals surface area contributed by atoms with Crippen LogP contribution < -0.4 is 10.6 Å². The summed E-state index contributed by atoms with van der Waals surface area (Å²) >= 11 is 3.80. The molecule has 2 aromatic carbocycles. The van der Waals surface area contributed by atoms with E-state index in [0.717, 1.165) is 28.7 Å². The fourth-order valence-electron chi connectivity index (χ4n) is 4.06. The van der Waals surface area contributed by atoms with Crippen molar-refractivity contribution in [3.05, 3.63) is 69.2 Å². The van der Waals surface area contributed by atoms with E-state index in [1.165, 1.54) is 18.2 Å². The number of benzene rings is 2. The van der Waals surface area contributed by atoms with Crippen molar-refractivity contribution in [1.29, 1.82) is 0 Å². The zero-order chi connectivity index (χ0) is 26.8. The number of methoxy groups -OCH3 is 1. The molecule has 36 heavy (non-hydrogen) atoms. The Balaban J connectivity index is 2.31. The van der Waals surface area contributed by atoms with Gasteiger partial charge in [-0.05, 0) is 62.8 Å². The third-order valence-corrected chi connectivity index (χ3v) is 6.85. The summed E-state index contributed by atoms with van der Waals surface area (Å²) < 4.78 is 6.03. The van der Waals surface area contributed by atoms with E-state index in [2.05, 4.69) is 76.7 Å². The molecule has 0 aromatic heterocycles. The van der Waals surface area contributed by atoms with Crippen LogP contribution in [0.1, 0.15) is 36.1 Å². The van der Waals surface area contributed by atoms with Gasteiger partial charge in [-0.15, -0.1) is 0 Å². The highest BCUT2D eigenvalue weighted by molar-refractivity contribution is 9.10. The monoisotopic (exact) mass is 560 g/mol. The van der Waals surface area contributed by atoms with Gasteiger partial charge in [0.25, 0.3) is 0 Å². The number of amides is 1. The van der Waals surface area contributed by atoms with Crippen LogP contribution in [0.4, 0.5) is 0 Å². The van der Waals surface area contributed by atoms with Gasteiger partial charge in [-0.2, -0.15) is 0 Å². The molecule has 0 bridgehead atoms. The average molecular weight is 562 g/mol. The molecule has 0 aliphatic rings. The number of nitrogens with zero attached hydrogens (tertiary/aromatic N) is 2. The molecule has 0 saturated heterocycles. The average Bonchev–Trinajstić information content (AvgIpc) is 2.82. The zero-order valence-corrected chi connectivity index (χ0v) is 24.2. The van der Waals surface area contributed by atoms with Crippen LogP contribution in [0.5, 0.6) is 0 Å². The van der Waals surface area contributed by atoms with Crippen molar-refractivity contribution in [2.24, 2.45) is 5.92 Å². The molecule has 0 fully saturated rings. The van der Waals surface area contributed by atoms with Crippen molar-refractivity contribution < 1.29 is 14.3 Å². The van der Waals surface area contributed by atoms with Gasteiger partial charge in [-0.1, -0.05) is 72.2 Å². The van der Waals surface area contributed by atoms with Crippen LogP contribution in [-0.2, 0) is 40.4 Å². The minimum atomic E-state index is -0.700. The van der Waals surface area contributed by atoms with Crippen LogP contribution in [0, 0.1) is 5.92 Å². The van der Waals surface area contributed by atoms with E-state index in [0.29, 0.717) is 13.0 Å². The first-order valence-corrected chi connectivity index (χ1v) is 13.1. The molecule has 0 aliphatic carbocycles. The lowest BCUT2D eigenvalue weighted by atomic mass is 10.0. The minimum Gasteiger partial charge on any atom is -0.467 e. The Bertz CT molecular complexity index is 965. The summed E-state index contributed by atoms with van der Waals surface area (Å²) in [6.07, 6.45) is 0.504. The zero-order valence-electron chi connectivity index (χ0n) is 22.6. The molecular weight excluding hydrogens is 520 g/mol. The van der Waals surface area contributed by atoms with Crippen LogP contribution in [0.25, 0.3) is 0 Å². The summed E-state index contributed by atoms with van der Waals surface area (Å²) in [5.41, 5.74) is 4.55. The van der Waals surface area contributed by atoms with Gasteiger partial charge in [-0.3, -0.25) is 4.79 Å². The second-order valence-electron chi connectivity index (χ2n) is 10.1. The molecular formula is C28H41BrN4O3. The third-order valence-electron chi connectivity index (χ3n) is 5.83. The number of carbonyl (C=O) groups is 2. The summed E-state index contributed by atoms with van der Waals surface area (Å²) in [7, 11) is 9.55. The van der Waals surface area contributed by atoms with Gasteiger partial charge in [-0.25, -0.2) is 4.79 Å². The maximum absolute atomic E-state index is 13.4. The lowest BCUT2D eigenvalue weighted by Gasteiger charge is -2.25. The van der Waals surface area contributed by atoms with E-state index in [1.54, 1.807) is 0 Å². The second-order valence-corrected chi connectivity index (χ2v) is 10.9. The maximum Gasteiger partial charge on any atom is 0.328 e. The molecule has 0 aliphatic heterocycles. The van der Waals surface area contributed by atoms with Crippen LogP contribution in [-0.4, -0.2) is 69.1 Å². The van der Waals surface area contributed by atoms with Gasteiger partial charge in [0.1, 0.15) is 6.04 Å². The molecule has 198 valence electrons. The molecule has 0 saturated carbocycles. The normalized spacial score (nSPS) is 13.2. The van der Waals surface area contributed by atoms with Gasteiger partial charge in [0.15, 0.2) is 0 Å². The number of esters is 1. The molecule has 0 heterocycles. The Morgan fingerprint density at radius 1 is 0.944 bits per heavy atom. The Kier molecular flexibility index (Phi) is 12.0. The number of rotatable bonds is 13. The molecule has 0 spiro atoms. The highest BCUT2D eigenvalue weighted by atomic mass is 79.9. The molecule has 0 unspecified atom stereocenters. The SMILES string of the molecule is COC(=O)[C@@H](NC(=O)[C@H](Cc1ccccc1)NCc1cc(CN(C)C)c(Br)c(CN(C)C)c1)C(C)C. The van der Waals surface area contributed by atoms with E-state index in [-0.39, 0.29) is 11.8 Å². The predicted octanol–water partition coefficient (Wildman–Crippen LogP) is 3.59. The van der Waals surface area contributed by atoms with E-state index in [4.69, 9.17) is 4.74 Å². The summed E-state index contributed by atoms with van der Waals surface area (Å²) in [5.74, 6) is -0.749. The predicted molar refractivity (Wildman–Crippen MR) is 148 cm³/mol. The van der Waals surface area contributed by atoms with Crippen LogP contribution in [0.15, 0.2) is 46.9 Å². The van der Waals surface area contributed by atoms with Crippen molar-refractivity contribution in [2.45, 2.75) is 52.0 Å². The summed E-state index contributed by atoms with van der Waals surface area (Å²) in [4.78, 5) is 29.9. The van der Waals surface area contributed by atoms with Gasteiger partial charge in [0, 0.05) is 24.1 Å². The standard InChI is InChI=1S/C28H41BrN4O3/c1-19(2)26(28(35)36-7)31-27(34)24(15-20-11-9-8-10-12-20)30-16-21-13-22(17-32(3)4)25(29)23(14-21)18-33(5)6/h8-14,19,24,26,30H,15-18H2,1-7H3,(H,31,34)/t24-,26-/m0/s1. The molecule has 1 amide bonds. The maximum atomic E-state index is 13.4. The van der Waals surface area contributed by atoms with Crippen molar-refractivity contribution in [2.75, 3.05) is 35.3 Å².